The third-order valence-corrected chi connectivity index (χ3v) is 4.68. The van der Waals surface area contributed by atoms with Gasteiger partial charge in [-0.15, -0.1) is 0 Å². The first-order valence-corrected chi connectivity index (χ1v) is 7.94. The van der Waals surface area contributed by atoms with Crippen LogP contribution in [-0.4, -0.2) is 11.9 Å². The number of esters is 2. The van der Waals surface area contributed by atoms with Crippen molar-refractivity contribution in [3.05, 3.63) is 0 Å². The highest BCUT2D eigenvalue weighted by Gasteiger charge is 2.40. The molecule has 1 spiro atoms. The molecular formula is C16H26O3. The van der Waals surface area contributed by atoms with E-state index in [2.05, 4.69) is 0 Å². The van der Waals surface area contributed by atoms with Crippen molar-refractivity contribution in [2.45, 2.75) is 83.5 Å². The fourth-order valence-electron chi connectivity index (χ4n) is 3.59. The first-order valence-electron chi connectivity index (χ1n) is 7.94. The number of cyclic esters (lactones) is 2. The van der Waals surface area contributed by atoms with Gasteiger partial charge in [0, 0.05) is 0 Å². The largest absolute Gasteiger partial charge is 0.393 e. The zero-order chi connectivity index (χ0) is 13.6. The van der Waals surface area contributed by atoms with E-state index in [0.29, 0.717) is 12.8 Å². The molecule has 108 valence electrons. The van der Waals surface area contributed by atoms with Gasteiger partial charge in [-0.1, -0.05) is 57.8 Å². The van der Waals surface area contributed by atoms with Crippen LogP contribution in [-0.2, 0) is 14.3 Å². The van der Waals surface area contributed by atoms with Crippen molar-refractivity contribution >= 4 is 11.9 Å². The monoisotopic (exact) mass is 266 g/mol. The van der Waals surface area contributed by atoms with Crippen LogP contribution in [0.1, 0.15) is 83.5 Å². The van der Waals surface area contributed by atoms with Gasteiger partial charge in [0.2, 0.25) is 0 Å². The van der Waals surface area contributed by atoms with Crippen molar-refractivity contribution in [2.75, 3.05) is 0 Å². The van der Waals surface area contributed by atoms with E-state index in [4.69, 9.17) is 4.74 Å². The summed E-state index contributed by atoms with van der Waals surface area (Å²) in [5.41, 5.74) is -0.0778. The molecule has 0 aromatic rings. The predicted molar refractivity (Wildman–Crippen MR) is 73.6 cm³/mol. The van der Waals surface area contributed by atoms with E-state index in [1.54, 1.807) is 0 Å². The normalized spacial score (nSPS) is 26.3. The zero-order valence-electron chi connectivity index (χ0n) is 11.9. The summed E-state index contributed by atoms with van der Waals surface area (Å²) in [6.07, 6.45) is 14.4. The van der Waals surface area contributed by atoms with E-state index < -0.39 is 0 Å². The molecule has 0 aromatic heterocycles. The lowest BCUT2D eigenvalue weighted by Gasteiger charge is -2.35. The van der Waals surface area contributed by atoms with Gasteiger partial charge >= 0.3 is 11.9 Å². The van der Waals surface area contributed by atoms with Crippen molar-refractivity contribution < 1.29 is 14.3 Å². The molecule has 3 nitrogen and oxygen atoms in total. The van der Waals surface area contributed by atoms with E-state index in [1.807, 2.05) is 0 Å². The molecule has 1 aliphatic heterocycles. The van der Waals surface area contributed by atoms with Crippen molar-refractivity contribution in [3.8, 4) is 0 Å². The maximum atomic E-state index is 11.6. The van der Waals surface area contributed by atoms with Gasteiger partial charge in [0.05, 0.1) is 12.8 Å². The molecule has 19 heavy (non-hydrogen) atoms. The van der Waals surface area contributed by atoms with Crippen LogP contribution in [0.15, 0.2) is 0 Å². The first-order chi connectivity index (χ1) is 9.20. The third kappa shape index (κ3) is 4.63. The molecule has 3 heteroatoms. The molecule has 2 fully saturated rings. The number of carbonyl (C=O) groups excluding carboxylic acids is 2. The van der Waals surface area contributed by atoms with Crippen LogP contribution < -0.4 is 0 Å². The Morgan fingerprint density at radius 3 is 1.42 bits per heavy atom. The number of ether oxygens (including phenoxy) is 1. The van der Waals surface area contributed by atoms with Crippen LogP contribution in [0.5, 0.6) is 0 Å². The van der Waals surface area contributed by atoms with Crippen LogP contribution in [0.25, 0.3) is 0 Å². The molecule has 2 aliphatic rings. The summed E-state index contributed by atoms with van der Waals surface area (Å²) in [5, 5.41) is 0. The number of rotatable bonds is 0. The van der Waals surface area contributed by atoms with E-state index in [0.717, 1.165) is 25.7 Å². The van der Waals surface area contributed by atoms with Crippen molar-refractivity contribution in [3.63, 3.8) is 0 Å². The molecule has 0 aromatic carbocycles. The Morgan fingerprint density at radius 1 is 0.632 bits per heavy atom. The van der Waals surface area contributed by atoms with Crippen molar-refractivity contribution in [2.24, 2.45) is 5.41 Å². The Kier molecular flexibility index (Phi) is 5.41. The van der Waals surface area contributed by atoms with Gasteiger partial charge < -0.3 is 4.74 Å². The summed E-state index contributed by atoms with van der Waals surface area (Å²) in [4.78, 5) is 23.2. The second-order valence-corrected chi connectivity index (χ2v) is 6.38. The topological polar surface area (TPSA) is 43.4 Å². The van der Waals surface area contributed by atoms with Crippen LogP contribution in [0.3, 0.4) is 0 Å². The molecule has 1 saturated heterocycles. The molecule has 2 rings (SSSR count). The Balaban J connectivity index is 1.96. The third-order valence-electron chi connectivity index (χ3n) is 4.68. The number of hydrogen-bond donors (Lipinski definition) is 0. The minimum absolute atomic E-state index is 0.0778. The second kappa shape index (κ2) is 7.06. The summed E-state index contributed by atoms with van der Waals surface area (Å²) in [6.45, 7) is 0. The average molecular weight is 266 g/mol. The highest BCUT2D eigenvalue weighted by Crippen LogP contribution is 2.42. The lowest BCUT2D eigenvalue weighted by Crippen LogP contribution is -2.35. The van der Waals surface area contributed by atoms with Crippen LogP contribution in [0.4, 0.5) is 0 Å². The highest BCUT2D eigenvalue weighted by atomic mass is 16.6. The highest BCUT2D eigenvalue weighted by molar-refractivity contribution is 5.89. The summed E-state index contributed by atoms with van der Waals surface area (Å²) in [6, 6.07) is 0. The maximum absolute atomic E-state index is 11.6. The fourth-order valence-corrected chi connectivity index (χ4v) is 3.59. The first kappa shape index (κ1) is 14.5. The summed E-state index contributed by atoms with van der Waals surface area (Å²) >= 11 is 0. The Bertz CT molecular complexity index is 292. The van der Waals surface area contributed by atoms with Gasteiger partial charge in [-0.3, -0.25) is 9.59 Å². The Hall–Kier alpha value is -0.860. The zero-order valence-corrected chi connectivity index (χ0v) is 11.9. The Labute approximate surface area is 116 Å². The van der Waals surface area contributed by atoms with Gasteiger partial charge in [0.15, 0.2) is 0 Å². The predicted octanol–water partition coefficient (Wildman–Crippen LogP) is 4.14. The van der Waals surface area contributed by atoms with E-state index in [1.165, 1.54) is 44.9 Å². The molecule has 0 atom stereocenters. The van der Waals surface area contributed by atoms with Gasteiger partial charge in [-0.2, -0.15) is 0 Å². The molecule has 0 unspecified atom stereocenters. The second-order valence-electron chi connectivity index (χ2n) is 6.38. The minimum atomic E-state index is -0.302. The molecule has 0 amide bonds. The van der Waals surface area contributed by atoms with Crippen LogP contribution in [0, 0.1) is 5.41 Å². The molecule has 0 N–H and O–H groups in total. The molecule has 1 saturated carbocycles. The number of hydrogen-bond acceptors (Lipinski definition) is 3. The standard InChI is InChI=1S/C16H26O3/c17-14-12-16(13-15(18)19-14)10-8-6-4-2-1-3-5-7-9-11-16/h1-13H2. The molecule has 0 bridgehead atoms. The smallest absolute Gasteiger partial charge is 0.314 e. The molecular weight excluding hydrogens is 240 g/mol. The molecule has 1 aliphatic carbocycles. The lowest BCUT2D eigenvalue weighted by atomic mass is 9.71. The summed E-state index contributed by atoms with van der Waals surface area (Å²) in [7, 11) is 0. The summed E-state index contributed by atoms with van der Waals surface area (Å²) in [5.74, 6) is -0.605. The maximum Gasteiger partial charge on any atom is 0.314 e. The van der Waals surface area contributed by atoms with Gasteiger partial charge in [-0.25, -0.2) is 0 Å². The fraction of sp³-hybridized carbons (Fsp3) is 0.875. The van der Waals surface area contributed by atoms with Crippen LogP contribution >= 0.6 is 0 Å². The van der Waals surface area contributed by atoms with Gasteiger partial charge in [-0.05, 0) is 18.3 Å². The van der Waals surface area contributed by atoms with Crippen molar-refractivity contribution in [1.29, 1.82) is 0 Å². The van der Waals surface area contributed by atoms with E-state index in [-0.39, 0.29) is 17.4 Å². The Morgan fingerprint density at radius 2 is 1.00 bits per heavy atom. The quantitative estimate of drug-likeness (QED) is 0.489. The molecule has 1 heterocycles. The van der Waals surface area contributed by atoms with Crippen molar-refractivity contribution in [1.82, 2.24) is 0 Å². The molecule has 0 radical (unpaired) electrons. The average Bonchev–Trinajstić information content (AvgIpc) is 2.33. The summed E-state index contributed by atoms with van der Waals surface area (Å²) < 4.78 is 4.71. The van der Waals surface area contributed by atoms with E-state index >= 15 is 0 Å². The lowest BCUT2D eigenvalue weighted by molar-refractivity contribution is -0.170. The number of carbonyl (C=O) groups is 2. The minimum Gasteiger partial charge on any atom is -0.393 e. The van der Waals surface area contributed by atoms with Gasteiger partial charge in [0.25, 0.3) is 0 Å². The SMILES string of the molecule is O=C1CC2(CCCCCCCCCCC2)CC(=O)O1. The van der Waals surface area contributed by atoms with E-state index in [9.17, 15) is 9.59 Å². The van der Waals surface area contributed by atoms with Crippen LogP contribution in [0.2, 0.25) is 0 Å². The van der Waals surface area contributed by atoms with Gasteiger partial charge in [0.1, 0.15) is 0 Å².